The number of rotatable bonds is 3. The molecule has 1 aromatic rings. The first-order chi connectivity index (χ1) is 9.49. The molecule has 1 heterocycles. The van der Waals surface area contributed by atoms with Gasteiger partial charge in [-0.25, -0.2) is 9.18 Å². The molecule has 1 aliphatic rings. The highest BCUT2D eigenvalue weighted by molar-refractivity contribution is 5.75. The fourth-order valence-electron chi connectivity index (χ4n) is 2.51. The zero-order chi connectivity index (χ0) is 14.6. The van der Waals surface area contributed by atoms with Crippen LogP contribution in [0.15, 0.2) is 24.3 Å². The summed E-state index contributed by atoms with van der Waals surface area (Å²) in [6, 6.07) is 6.46. The van der Waals surface area contributed by atoms with Crippen LogP contribution in [0.2, 0.25) is 0 Å². The number of carbonyl (C=O) groups excluding carboxylic acids is 1. The van der Waals surface area contributed by atoms with Crippen molar-refractivity contribution in [3.8, 4) is 0 Å². The van der Waals surface area contributed by atoms with E-state index >= 15 is 0 Å². The molecule has 0 radical (unpaired) electrons. The van der Waals surface area contributed by atoms with Gasteiger partial charge in [-0.1, -0.05) is 18.2 Å². The average molecular weight is 279 g/mol. The molecule has 4 nitrogen and oxygen atoms in total. The van der Waals surface area contributed by atoms with Crippen molar-refractivity contribution in [2.24, 2.45) is 0 Å². The molecule has 2 amide bonds. The minimum atomic E-state index is -0.748. The van der Waals surface area contributed by atoms with E-state index in [0.717, 1.165) is 25.9 Å². The normalized spacial score (nSPS) is 16.8. The number of halogens is 1. The Morgan fingerprint density at radius 3 is 2.60 bits per heavy atom. The summed E-state index contributed by atoms with van der Waals surface area (Å²) in [6.45, 7) is 5.43. The predicted molar refractivity (Wildman–Crippen MR) is 77.0 cm³/mol. The zero-order valence-electron chi connectivity index (χ0n) is 12.0. The first kappa shape index (κ1) is 14.8. The lowest BCUT2D eigenvalue weighted by atomic mass is 9.94. The Balaban J connectivity index is 1.97. The largest absolute Gasteiger partial charge is 0.335 e. The predicted octanol–water partition coefficient (Wildman–Crippen LogP) is 2.11. The molecule has 1 saturated heterocycles. The summed E-state index contributed by atoms with van der Waals surface area (Å²) in [5, 5.41) is 9.05. The van der Waals surface area contributed by atoms with E-state index in [1.807, 2.05) is 0 Å². The molecular weight excluding hydrogens is 257 g/mol. The van der Waals surface area contributed by atoms with Crippen LogP contribution in [0.1, 0.15) is 32.3 Å². The van der Waals surface area contributed by atoms with Crippen molar-refractivity contribution < 1.29 is 9.18 Å². The Kier molecular flexibility index (Phi) is 4.60. The summed E-state index contributed by atoms with van der Waals surface area (Å²) in [5.74, 6) is -0.306. The number of nitrogens with one attached hydrogen (secondary N) is 3. The lowest BCUT2D eigenvalue weighted by molar-refractivity contribution is 0.222. The van der Waals surface area contributed by atoms with Gasteiger partial charge in [0.15, 0.2) is 0 Å². The number of piperidine rings is 1. The van der Waals surface area contributed by atoms with E-state index in [2.05, 4.69) is 16.0 Å². The molecule has 1 aromatic carbocycles. The quantitative estimate of drug-likeness (QED) is 0.794. The van der Waals surface area contributed by atoms with Crippen LogP contribution in [-0.2, 0) is 5.54 Å². The third-order valence-electron chi connectivity index (χ3n) is 3.65. The molecule has 1 fully saturated rings. The maximum absolute atomic E-state index is 13.8. The second kappa shape index (κ2) is 6.22. The van der Waals surface area contributed by atoms with Crippen LogP contribution in [0.5, 0.6) is 0 Å². The summed E-state index contributed by atoms with van der Waals surface area (Å²) >= 11 is 0. The minimum absolute atomic E-state index is 0.188. The highest BCUT2D eigenvalue weighted by Crippen LogP contribution is 2.22. The Labute approximate surface area is 119 Å². The monoisotopic (exact) mass is 279 g/mol. The van der Waals surface area contributed by atoms with Crippen molar-refractivity contribution in [1.82, 2.24) is 16.0 Å². The lowest BCUT2D eigenvalue weighted by Crippen LogP contribution is -2.51. The summed E-state index contributed by atoms with van der Waals surface area (Å²) in [5.41, 5.74) is -0.261. The molecule has 0 bridgehead atoms. The second-order valence-corrected chi connectivity index (χ2v) is 5.73. The molecule has 0 saturated carbocycles. The van der Waals surface area contributed by atoms with Gasteiger partial charge in [-0.15, -0.1) is 0 Å². The molecule has 20 heavy (non-hydrogen) atoms. The molecule has 0 spiro atoms. The zero-order valence-corrected chi connectivity index (χ0v) is 12.0. The average Bonchev–Trinajstić information content (AvgIpc) is 2.39. The van der Waals surface area contributed by atoms with E-state index in [1.165, 1.54) is 6.07 Å². The number of urea groups is 1. The van der Waals surface area contributed by atoms with Crippen LogP contribution in [0, 0.1) is 5.82 Å². The van der Waals surface area contributed by atoms with Crippen molar-refractivity contribution in [3.05, 3.63) is 35.6 Å². The molecule has 2 rings (SSSR count). The molecule has 3 N–H and O–H groups in total. The standard InChI is InChI=1S/C15H22FN3O/c1-15(2,12-5-3-4-6-13(12)16)19-14(20)18-11-7-9-17-10-8-11/h3-6,11,17H,7-10H2,1-2H3,(H2,18,19,20). The summed E-state index contributed by atoms with van der Waals surface area (Å²) in [6.07, 6.45) is 1.85. The molecule has 5 heteroatoms. The number of benzene rings is 1. The SMILES string of the molecule is CC(C)(NC(=O)NC1CCNCC1)c1ccccc1F. The van der Waals surface area contributed by atoms with E-state index in [9.17, 15) is 9.18 Å². The van der Waals surface area contributed by atoms with Crippen molar-refractivity contribution in [2.75, 3.05) is 13.1 Å². The summed E-state index contributed by atoms with van der Waals surface area (Å²) in [4.78, 5) is 12.0. The van der Waals surface area contributed by atoms with Gasteiger partial charge in [-0.2, -0.15) is 0 Å². The van der Waals surface area contributed by atoms with Crippen molar-refractivity contribution in [3.63, 3.8) is 0 Å². The summed E-state index contributed by atoms with van der Waals surface area (Å²) in [7, 11) is 0. The molecule has 0 aromatic heterocycles. The molecule has 110 valence electrons. The first-order valence-electron chi connectivity index (χ1n) is 7.03. The molecule has 1 aliphatic heterocycles. The van der Waals surface area contributed by atoms with Crippen molar-refractivity contribution in [1.29, 1.82) is 0 Å². The van der Waals surface area contributed by atoms with Gasteiger partial charge < -0.3 is 16.0 Å². The number of amides is 2. The highest BCUT2D eigenvalue weighted by atomic mass is 19.1. The summed E-state index contributed by atoms with van der Waals surface area (Å²) < 4.78 is 13.8. The van der Waals surface area contributed by atoms with E-state index in [1.54, 1.807) is 32.0 Å². The van der Waals surface area contributed by atoms with Crippen LogP contribution in [0.25, 0.3) is 0 Å². The fourth-order valence-corrected chi connectivity index (χ4v) is 2.51. The Morgan fingerprint density at radius 1 is 1.30 bits per heavy atom. The van der Waals surface area contributed by atoms with E-state index < -0.39 is 5.54 Å². The Bertz CT molecular complexity index is 470. The number of hydrogen-bond acceptors (Lipinski definition) is 2. The van der Waals surface area contributed by atoms with E-state index in [4.69, 9.17) is 0 Å². The maximum atomic E-state index is 13.8. The van der Waals surface area contributed by atoms with E-state index in [-0.39, 0.29) is 17.9 Å². The topological polar surface area (TPSA) is 53.2 Å². The first-order valence-corrected chi connectivity index (χ1v) is 7.03. The molecular formula is C15H22FN3O. The van der Waals surface area contributed by atoms with E-state index in [0.29, 0.717) is 5.56 Å². The van der Waals surface area contributed by atoms with Gasteiger partial charge in [0.25, 0.3) is 0 Å². The van der Waals surface area contributed by atoms with Crippen LogP contribution in [0.4, 0.5) is 9.18 Å². The van der Waals surface area contributed by atoms with Gasteiger partial charge in [0.1, 0.15) is 5.82 Å². The van der Waals surface area contributed by atoms with Crippen LogP contribution in [-0.4, -0.2) is 25.2 Å². The highest BCUT2D eigenvalue weighted by Gasteiger charge is 2.26. The minimum Gasteiger partial charge on any atom is -0.335 e. The Hall–Kier alpha value is -1.62. The maximum Gasteiger partial charge on any atom is 0.315 e. The number of hydrogen-bond donors (Lipinski definition) is 3. The molecule has 0 atom stereocenters. The molecule has 0 aliphatic carbocycles. The van der Waals surface area contributed by atoms with Gasteiger partial charge in [0.05, 0.1) is 5.54 Å². The lowest BCUT2D eigenvalue weighted by Gasteiger charge is -2.30. The van der Waals surface area contributed by atoms with Crippen LogP contribution >= 0.6 is 0 Å². The van der Waals surface area contributed by atoms with Crippen LogP contribution in [0.3, 0.4) is 0 Å². The van der Waals surface area contributed by atoms with Gasteiger partial charge in [-0.05, 0) is 45.8 Å². The fraction of sp³-hybridized carbons (Fsp3) is 0.533. The van der Waals surface area contributed by atoms with Gasteiger partial charge in [-0.3, -0.25) is 0 Å². The Morgan fingerprint density at radius 2 is 1.95 bits per heavy atom. The van der Waals surface area contributed by atoms with Crippen molar-refractivity contribution >= 4 is 6.03 Å². The third kappa shape index (κ3) is 3.70. The smallest absolute Gasteiger partial charge is 0.315 e. The van der Waals surface area contributed by atoms with Gasteiger partial charge in [0.2, 0.25) is 0 Å². The van der Waals surface area contributed by atoms with Gasteiger partial charge >= 0.3 is 6.03 Å². The third-order valence-corrected chi connectivity index (χ3v) is 3.65. The molecule has 0 unspecified atom stereocenters. The second-order valence-electron chi connectivity index (χ2n) is 5.73. The van der Waals surface area contributed by atoms with Gasteiger partial charge in [0, 0.05) is 11.6 Å². The number of carbonyl (C=O) groups is 1. The van der Waals surface area contributed by atoms with Crippen molar-refractivity contribution in [2.45, 2.75) is 38.3 Å². The van der Waals surface area contributed by atoms with Crippen LogP contribution < -0.4 is 16.0 Å².